The second kappa shape index (κ2) is 4.68. The van der Waals surface area contributed by atoms with Crippen molar-refractivity contribution in [1.29, 1.82) is 0 Å². The van der Waals surface area contributed by atoms with E-state index < -0.39 is 0 Å². The number of carbonyl (C=O) groups excluding carboxylic acids is 1. The van der Waals surface area contributed by atoms with Gasteiger partial charge in [0.05, 0.1) is 0 Å². The third-order valence-corrected chi connectivity index (χ3v) is 4.37. The Balaban J connectivity index is 2.17. The van der Waals surface area contributed by atoms with E-state index in [-0.39, 0.29) is 5.91 Å². The van der Waals surface area contributed by atoms with Crippen molar-refractivity contribution in [3.05, 3.63) is 28.8 Å². The van der Waals surface area contributed by atoms with Gasteiger partial charge in [0, 0.05) is 42.1 Å². The molecule has 16 heavy (non-hydrogen) atoms. The zero-order valence-electron chi connectivity index (χ0n) is 9.37. The van der Waals surface area contributed by atoms with Crippen molar-refractivity contribution in [2.75, 3.05) is 19.3 Å². The lowest BCUT2D eigenvalue weighted by Crippen LogP contribution is -2.28. The van der Waals surface area contributed by atoms with Crippen LogP contribution in [-0.2, 0) is 4.79 Å². The average molecular weight is 256 g/mol. The second-order valence-corrected chi connectivity index (χ2v) is 5.59. The first-order chi connectivity index (χ1) is 7.58. The fraction of sp³-hybridized carbons (Fsp3) is 0.417. The molecule has 0 saturated heterocycles. The topological polar surface area (TPSA) is 20.3 Å². The molecule has 0 N–H and O–H groups in total. The number of rotatable bonds is 2. The van der Waals surface area contributed by atoms with Crippen molar-refractivity contribution in [3.8, 4) is 0 Å². The van der Waals surface area contributed by atoms with E-state index in [2.05, 4.69) is 6.07 Å². The monoisotopic (exact) mass is 255 g/mol. The standard InChI is InChI=1S/C12H14ClNOS/c1-8(15)14(2)6-9-7-16-12-4-3-10(13)5-11(9)12/h3-5,9H,6-7H2,1-2H3. The van der Waals surface area contributed by atoms with Gasteiger partial charge in [-0.25, -0.2) is 0 Å². The number of fused-ring (bicyclic) bond motifs is 1. The fourth-order valence-corrected chi connectivity index (χ4v) is 3.26. The molecular formula is C12H14ClNOS. The number of carbonyl (C=O) groups is 1. The molecule has 1 aromatic carbocycles. The van der Waals surface area contributed by atoms with Gasteiger partial charge in [-0.15, -0.1) is 11.8 Å². The highest BCUT2D eigenvalue weighted by Gasteiger charge is 2.25. The zero-order valence-corrected chi connectivity index (χ0v) is 10.9. The van der Waals surface area contributed by atoms with Crippen LogP contribution in [-0.4, -0.2) is 30.2 Å². The van der Waals surface area contributed by atoms with Crippen LogP contribution in [0.1, 0.15) is 18.4 Å². The molecule has 1 atom stereocenters. The highest BCUT2D eigenvalue weighted by molar-refractivity contribution is 7.99. The molecule has 0 bridgehead atoms. The van der Waals surface area contributed by atoms with E-state index in [0.717, 1.165) is 17.3 Å². The molecule has 1 heterocycles. The van der Waals surface area contributed by atoms with E-state index in [9.17, 15) is 4.79 Å². The SMILES string of the molecule is CC(=O)N(C)CC1CSc2ccc(Cl)cc21. The first-order valence-corrected chi connectivity index (χ1v) is 6.58. The predicted octanol–water partition coefficient (Wildman–Crippen LogP) is 3.01. The molecule has 1 amide bonds. The Morgan fingerprint density at radius 2 is 2.38 bits per heavy atom. The van der Waals surface area contributed by atoms with Crippen LogP contribution in [0.25, 0.3) is 0 Å². The van der Waals surface area contributed by atoms with Crippen LogP contribution in [0, 0.1) is 0 Å². The summed E-state index contributed by atoms with van der Waals surface area (Å²) in [5.74, 6) is 1.56. The third-order valence-electron chi connectivity index (χ3n) is 2.88. The van der Waals surface area contributed by atoms with Crippen LogP contribution in [0.5, 0.6) is 0 Å². The van der Waals surface area contributed by atoms with Crippen molar-refractivity contribution in [1.82, 2.24) is 4.90 Å². The van der Waals surface area contributed by atoms with Crippen molar-refractivity contribution in [2.24, 2.45) is 0 Å². The van der Waals surface area contributed by atoms with Gasteiger partial charge in [-0.1, -0.05) is 11.6 Å². The highest BCUT2D eigenvalue weighted by atomic mass is 35.5. The van der Waals surface area contributed by atoms with Crippen molar-refractivity contribution < 1.29 is 4.79 Å². The number of nitrogens with zero attached hydrogens (tertiary/aromatic N) is 1. The molecule has 2 rings (SSSR count). The molecule has 0 fully saturated rings. The normalized spacial score (nSPS) is 18.3. The molecule has 1 aliphatic rings. The molecule has 1 aliphatic heterocycles. The van der Waals surface area contributed by atoms with E-state index in [1.54, 1.807) is 11.8 Å². The van der Waals surface area contributed by atoms with Gasteiger partial charge in [0.1, 0.15) is 0 Å². The summed E-state index contributed by atoms with van der Waals surface area (Å²) in [6, 6.07) is 6.01. The molecule has 0 aromatic heterocycles. The lowest BCUT2D eigenvalue weighted by atomic mass is 10.0. The van der Waals surface area contributed by atoms with Crippen LogP contribution in [0.4, 0.5) is 0 Å². The third kappa shape index (κ3) is 2.36. The Hall–Kier alpha value is -0.670. The van der Waals surface area contributed by atoms with Crippen LogP contribution in [0.2, 0.25) is 5.02 Å². The van der Waals surface area contributed by atoms with Gasteiger partial charge < -0.3 is 4.90 Å². The molecular weight excluding hydrogens is 242 g/mol. The number of amides is 1. The Kier molecular flexibility index (Phi) is 3.45. The molecule has 1 unspecified atom stereocenters. The van der Waals surface area contributed by atoms with Gasteiger partial charge in [0.2, 0.25) is 5.91 Å². The minimum atomic E-state index is 0.112. The van der Waals surface area contributed by atoms with Gasteiger partial charge in [-0.3, -0.25) is 4.79 Å². The second-order valence-electron chi connectivity index (χ2n) is 4.09. The maximum Gasteiger partial charge on any atom is 0.219 e. The summed E-state index contributed by atoms with van der Waals surface area (Å²) in [5.41, 5.74) is 1.28. The number of halogens is 1. The van der Waals surface area contributed by atoms with Crippen molar-refractivity contribution in [2.45, 2.75) is 17.7 Å². The first kappa shape index (κ1) is 11.8. The van der Waals surface area contributed by atoms with Crippen LogP contribution < -0.4 is 0 Å². The molecule has 0 spiro atoms. The quantitative estimate of drug-likeness (QED) is 0.810. The summed E-state index contributed by atoms with van der Waals surface area (Å²) in [6.45, 7) is 2.37. The van der Waals surface area contributed by atoms with Gasteiger partial charge in [0.15, 0.2) is 0 Å². The summed E-state index contributed by atoms with van der Waals surface area (Å²) in [7, 11) is 1.84. The summed E-state index contributed by atoms with van der Waals surface area (Å²) < 4.78 is 0. The average Bonchev–Trinajstić information content (AvgIpc) is 2.61. The summed E-state index contributed by atoms with van der Waals surface area (Å²) in [4.78, 5) is 14.3. The maximum atomic E-state index is 11.2. The van der Waals surface area contributed by atoms with Crippen LogP contribution in [0.15, 0.2) is 23.1 Å². The van der Waals surface area contributed by atoms with Gasteiger partial charge in [-0.2, -0.15) is 0 Å². The summed E-state index contributed by atoms with van der Waals surface area (Å²) >= 11 is 7.84. The number of hydrogen-bond acceptors (Lipinski definition) is 2. The molecule has 0 radical (unpaired) electrons. The zero-order chi connectivity index (χ0) is 11.7. The first-order valence-electron chi connectivity index (χ1n) is 5.22. The predicted molar refractivity (Wildman–Crippen MR) is 68.2 cm³/mol. The Morgan fingerprint density at radius 3 is 3.06 bits per heavy atom. The summed E-state index contributed by atoms with van der Waals surface area (Å²) in [6.07, 6.45) is 0. The lowest BCUT2D eigenvalue weighted by molar-refractivity contribution is -0.127. The minimum absolute atomic E-state index is 0.112. The lowest BCUT2D eigenvalue weighted by Gasteiger charge is -2.19. The Morgan fingerprint density at radius 1 is 1.62 bits per heavy atom. The van der Waals surface area contributed by atoms with E-state index in [0.29, 0.717) is 5.92 Å². The van der Waals surface area contributed by atoms with Crippen LogP contribution >= 0.6 is 23.4 Å². The Bertz CT molecular complexity index is 421. The summed E-state index contributed by atoms with van der Waals surface area (Å²) in [5, 5.41) is 0.775. The Labute approximate surface area is 105 Å². The van der Waals surface area contributed by atoms with E-state index >= 15 is 0 Å². The van der Waals surface area contributed by atoms with E-state index in [1.165, 1.54) is 10.5 Å². The molecule has 86 valence electrons. The van der Waals surface area contributed by atoms with Gasteiger partial charge >= 0.3 is 0 Å². The molecule has 0 aliphatic carbocycles. The molecule has 4 heteroatoms. The number of thioether (sulfide) groups is 1. The van der Waals surface area contributed by atoms with E-state index in [4.69, 9.17) is 11.6 Å². The van der Waals surface area contributed by atoms with Gasteiger partial charge in [0.25, 0.3) is 0 Å². The molecule has 1 aromatic rings. The highest BCUT2D eigenvalue weighted by Crippen LogP contribution is 2.40. The maximum absolute atomic E-state index is 11.2. The smallest absolute Gasteiger partial charge is 0.219 e. The largest absolute Gasteiger partial charge is 0.345 e. The minimum Gasteiger partial charge on any atom is -0.345 e. The fourth-order valence-electron chi connectivity index (χ4n) is 1.86. The van der Waals surface area contributed by atoms with Crippen LogP contribution in [0.3, 0.4) is 0 Å². The number of benzene rings is 1. The number of likely N-dealkylation sites (N-methyl/N-ethyl adjacent to an activating group) is 1. The van der Waals surface area contributed by atoms with Crippen molar-refractivity contribution in [3.63, 3.8) is 0 Å². The van der Waals surface area contributed by atoms with Crippen molar-refractivity contribution >= 4 is 29.3 Å². The van der Waals surface area contributed by atoms with Gasteiger partial charge in [-0.05, 0) is 23.8 Å². The molecule has 2 nitrogen and oxygen atoms in total. The molecule has 0 saturated carbocycles. The van der Waals surface area contributed by atoms with E-state index in [1.807, 2.05) is 30.9 Å². The number of hydrogen-bond donors (Lipinski definition) is 0.